The molecule has 2 aromatic rings. The molecule has 13 nitrogen and oxygen atoms in total. The predicted molar refractivity (Wildman–Crippen MR) is 173 cm³/mol. The molecule has 3 fully saturated rings. The van der Waals surface area contributed by atoms with Crippen LogP contribution in [-0.2, 0) is 35.3 Å². The van der Waals surface area contributed by atoms with Gasteiger partial charge in [-0.05, 0) is 82.6 Å². The van der Waals surface area contributed by atoms with Gasteiger partial charge in [-0.3, -0.25) is 24.4 Å². The maximum atomic E-state index is 13.9. The van der Waals surface area contributed by atoms with Crippen molar-refractivity contribution in [2.24, 2.45) is 17.8 Å². The molecule has 0 spiro atoms. The van der Waals surface area contributed by atoms with Crippen molar-refractivity contribution in [1.29, 1.82) is 0 Å². The summed E-state index contributed by atoms with van der Waals surface area (Å²) in [5.74, 6) is -4.31. The number of allylic oxidation sites excluding steroid dienone is 1. The van der Waals surface area contributed by atoms with Crippen molar-refractivity contribution >= 4 is 39.5 Å². The van der Waals surface area contributed by atoms with Crippen molar-refractivity contribution in [2.75, 3.05) is 18.9 Å². The Hall–Kier alpha value is -4.41. The number of rotatable bonds is 6. The summed E-state index contributed by atoms with van der Waals surface area (Å²) in [5, 5.41) is 8.71. The summed E-state index contributed by atoms with van der Waals surface area (Å²) in [5.41, 5.74) is -2.01. The van der Waals surface area contributed by atoms with E-state index in [0.717, 1.165) is 18.6 Å². The second-order valence-electron chi connectivity index (χ2n) is 13.6. The van der Waals surface area contributed by atoms with Crippen LogP contribution in [0.3, 0.4) is 0 Å². The third-order valence-corrected chi connectivity index (χ3v) is 11.6. The average Bonchev–Trinajstić information content (AvgIpc) is 3.93. The molecule has 4 aliphatic rings. The Morgan fingerprint density at radius 3 is 2.52 bits per heavy atom. The van der Waals surface area contributed by atoms with Crippen molar-refractivity contribution in [3.05, 3.63) is 53.9 Å². The van der Waals surface area contributed by atoms with Gasteiger partial charge in [-0.15, -0.1) is 0 Å². The molecule has 270 valence electrons. The number of sulfonamides is 1. The molecule has 0 unspecified atom stereocenters. The van der Waals surface area contributed by atoms with Crippen LogP contribution in [0.15, 0.2) is 42.6 Å². The largest absolute Gasteiger partial charge is 0.446 e. The Kier molecular flexibility index (Phi) is 9.47. The number of amides is 4. The van der Waals surface area contributed by atoms with Crippen LogP contribution in [0.5, 0.6) is 0 Å². The van der Waals surface area contributed by atoms with Crippen LogP contribution in [0.2, 0.25) is 0 Å². The van der Waals surface area contributed by atoms with Crippen molar-refractivity contribution in [2.45, 2.75) is 81.4 Å². The van der Waals surface area contributed by atoms with Gasteiger partial charge in [-0.1, -0.05) is 12.2 Å². The molecule has 1 aromatic heterocycles. The second-order valence-corrected chi connectivity index (χ2v) is 15.6. The van der Waals surface area contributed by atoms with Crippen LogP contribution >= 0.6 is 0 Å². The average molecular weight is 721 g/mol. The molecular formula is C33H39F3N6O7S. The molecule has 50 heavy (non-hydrogen) atoms. The highest BCUT2D eigenvalue weighted by molar-refractivity contribution is 7.91. The quantitative estimate of drug-likeness (QED) is 0.379. The SMILES string of the molecule is Cc1ccn(-c2ccc(C(F)(F)F)cc2NC(=O)O[C@@H]2C[C@H]3C(=O)N[C@]4(C(=O)NS(=O)(=O)C5CC5)C[C@H]4/C=C\CCCCN(C)C(=O)[C@@H]3C2)n1. The summed E-state index contributed by atoms with van der Waals surface area (Å²) in [6.07, 6.45) is 1.40. The molecule has 2 heterocycles. The minimum atomic E-state index is -4.70. The fraction of sp³-hybridized carbons (Fsp3) is 0.545. The molecule has 4 amide bonds. The van der Waals surface area contributed by atoms with Crippen molar-refractivity contribution in [3.8, 4) is 5.69 Å². The van der Waals surface area contributed by atoms with Gasteiger partial charge in [0.1, 0.15) is 11.6 Å². The molecule has 1 aliphatic heterocycles. The van der Waals surface area contributed by atoms with Crippen molar-refractivity contribution in [3.63, 3.8) is 0 Å². The molecule has 3 saturated carbocycles. The van der Waals surface area contributed by atoms with Gasteiger partial charge in [-0.25, -0.2) is 17.9 Å². The van der Waals surface area contributed by atoms with Gasteiger partial charge in [0, 0.05) is 25.7 Å². The van der Waals surface area contributed by atoms with Crippen LogP contribution in [0, 0.1) is 24.7 Å². The molecular weight excluding hydrogens is 681 g/mol. The first-order valence-corrected chi connectivity index (χ1v) is 18.1. The molecule has 6 rings (SSSR count). The predicted octanol–water partition coefficient (Wildman–Crippen LogP) is 3.82. The Morgan fingerprint density at radius 1 is 1.10 bits per heavy atom. The smallest absolute Gasteiger partial charge is 0.416 e. The molecule has 0 saturated heterocycles. The molecule has 3 N–H and O–H groups in total. The monoisotopic (exact) mass is 720 g/mol. The summed E-state index contributed by atoms with van der Waals surface area (Å²) >= 11 is 0. The first kappa shape index (κ1) is 35.4. The van der Waals surface area contributed by atoms with E-state index in [1.54, 1.807) is 26.1 Å². The van der Waals surface area contributed by atoms with Crippen molar-refractivity contribution < 1.29 is 45.5 Å². The number of aryl methyl sites for hydroxylation is 1. The van der Waals surface area contributed by atoms with Gasteiger partial charge in [0.25, 0.3) is 5.91 Å². The first-order chi connectivity index (χ1) is 23.6. The summed E-state index contributed by atoms with van der Waals surface area (Å²) in [6, 6.07) is 4.44. The van der Waals surface area contributed by atoms with Crippen molar-refractivity contribution in [1.82, 2.24) is 24.7 Å². The Bertz CT molecular complexity index is 1830. The number of carbonyl (C=O) groups is 4. The van der Waals surface area contributed by atoms with Gasteiger partial charge in [-0.2, -0.15) is 18.3 Å². The van der Waals surface area contributed by atoms with Crippen LogP contribution in [0.4, 0.5) is 23.7 Å². The van der Waals surface area contributed by atoms with Crippen LogP contribution in [0.1, 0.15) is 62.6 Å². The highest BCUT2D eigenvalue weighted by Gasteiger charge is 2.62. The lowest BCUT2D eigenvalue weighted by Crippen LogP contribution is -2.54. The zero-order valence-corrected chi connectivity index (χ0v) is 28.4. The molecule has 17 heteroatoms. The van der Waals surface area contributed by atoms with E-state index in [1.807, 2.05) is 6.08 Å². The van der Waals surface area contributed by atoms with E-state index in [-0.39, 0.29) is 36.5 Å². The highest BCUT2D eigenvalue weighted by atomic mass is 32.2. The van der Waals surface area contributed by atoms with E-state index < -0.39 is 74.3 Å². The van der Waals surface area contributed by atoms with E-state index in [2.05, 4.69) is 20.5 Å². The lowest BCUT2D eigenvalue weighted by molar-refractivity contribution is -0.140. The number of anilines is 1. The van der Waals surface area contributed by atoms with E-state index in [0.29, 0.717) is 37.9 Å². The molecule has 0 radical (unpaired) electrons. The van der Waals surface area contributed by atoms with Crippen LogP contribution < -0.4 is 15.4 Å². The second kappa shape index (κ2) is 13.4. The maximum absolute atomic E-state index is 13.9. The summed E-state index contributed by atoms with van der Waals surface area (Å²) in [6.45, 7) is 2.12. The molecule has 5 atom stereocenters. The zero-order valence-electron chi connectivity index (χ0n) is 27.5. The third-order valence-electron chi connectivity index (χ3n) is 9.80. The third kappa shape index (κ3) is 7.51. The minimum absolute atomic E-state index is 0.0545. The fourth-order valence-electron chi connectivity index (χ4n) is 6.74. The van der Waals surface area contributed by atoms with Gasteiger partial charge < -0.3 is 15.0 Å². The topological polar surface area (TPSA) is 169 Å². The summed E-state index contributed by atoms with van der Waals surface area (Å²) in [4.78, 5) is 55.7. The van der Waals surface area contributed by atoms with E-state index in [1.165, 1.54) is 21.8 Å². The maximum Gasteiger partial charge on any atom is 0.416 e. The number of hydrogen-bond acceptors (Lipinski definition) is 8. The Morgan fingerprint density at radius 2 is 1.84 bits per heavy atom. The molecule has 3 aliphatic carbocycles. The first-order valence-electron chi connectivity index (χ1n) is 16.6. The minimum Gasteiger partial charge on any atom is -0.446 e. The number of nitrogens with one attached hydrogen (secondary N) is 3. The lowest BCUT2D eigenvalue weighted by Gasteiger charge is -2.26. The van der Waals surface area contributed by atoms with Crippen LogP contribution in [0.25, 0.3) is 5.69 Å². The highest BCUT2D eigenvalue weighted by Crippen LogP contribution is 2.47. The standard InChI is InChI=1S/C33H39F3N6O7S/c1-19-12-14-42(39-19)27-11-8-20(33(34,35)36)15-26(27)37-31(46)49-22-16-24-25(17-22)29(44)41(2)13-6-4-3-5-7-21-18-32(21,38-28(24)43)30(45)40-50(47,48)23-9-10-23/h5,7-8,11-12,14-15,21-25H,3-4,6,9-10,13,16-18H2,1-2H3,(H,37,46)(H,38,43)(H,40,45)/b7-5-/t21-,22-,24-,25-,32-/m1/s1. The fourth-order valence-corrected chi connectivity index (χ4v) is 8.11. The molecule has 0 bridgehead atoms. The zero-order chi connectivity index (χ0) is 36.0. The number of fused-ring (bicyclic) bond motifs is 2. The Labute approximate surface area is 287 Å². The normalized spacial score (nSPS) is 28.1. The Balaban J connectivity index is 1.22. The lowest BCUT2D eigenvalue weighted by atomic mass is 9.93. The number of benzene rings is 1. The number of aromatic nitrogens is 2. The number of alkyl halides is 3. The molecule has 1 aromatic carbocycles. The van der Waals surface area contributed by atoms with Gasteiger partial charge in [0.2, 0.25) is 21.8 Å². The summed E-state index contributed by atoms with van der Waals surface area (Å²) in [7, 11) is -2.29. The number of ether oxygens (including phenoxy) is 1. The van der Waals surface area contributed by atoms with E-state index in [9.17, 15) is 40.8 Å². The van der Waals surface area contributed by atoms with E-state index in [4.69, 9.17) is 4.74 Å². The van der Waals surface area contributed by atoms with Crippen LogP contribution in [-0.4, -0.2) is 77.4 Å². The van der Waals surface area contributed by atoms with Gasteiger partial charge >= 0.3 is 12.3 Å². The van der Waals surface area contributed by atoms with E-state index >= 15 is 0 Å². The number of hydrogen-bond donors (Lipinski definition) is 3. The van der Waals surface area contributed by atoms with Gasteiger partial charge in [0.05, 0.1) is 39.7 Å². The summed E-state index contributed by atoms with van der Waals surface area (Å²) < 4.78 is 75.1. The van der Waals surface area contributed by atoms with Gasteiger partial charge in [0.15, 0.2) is 0 Å². The number of carbonyl (C=O) groups excluding carboxylic acids is 4. The number of nitrogens with zero attached hydrogens (tertiary/aromatic N) is 3. The number of halogens is 3.